The lowest BCUT2D eigenvalue weighted by Gasteiger charge is -2.09. The number of methoxy groups -OCH3 is 1. The van der Waals surface area contributed by atoms with Gasteiger partial charge in [-0.1, -0.05) is 18.2 Å². The van der Waals surface area contributed by atoms with Crippen molar-refractivity contribution >= 4 is 33.9 Å². The molecule has 0 aliphatic rings. The molecule has 3 aromatic rings. The molecule has 3 rings (SSSR count). The highest BCUT2D eigenvalue weighted by Gasteiger charge is 2.10. The zero-order valence-corrected chi connectivity index (χ0v) is 13.8. The first-order chi connectivity index (χ1) is 11.7. The first-order valence-corrected chi connectivity index (χ1v) is 8.18. The Bertz CT molecular complexity index is 820. The van der Waals surface area contributed by atoms with Crippen LogP contribution in [0.1, 0.15) is 5.69 Å². The topological polar surface area (TPSA) is 76.1 Å². The highest BCUT2D eigenvalue weighted by atomic mass is 32.1. The van der Waals surface area contributed by atoms with Gasteiger partial charge in [0.25, 0.3) is 0 Å². The summed E-state index contributed by atoms with van der Waals surface area (Å²) in [5, 5.41) is 8.50. The first kappa shape index (κ1) is 15.9. The summed E-state index contributed by atoms with van der Waals surface area (Å²) in [7, 11) is 1.57. The smallest absolute Gasteiger partial charge is 0.230 e. The number of pyridine rings is 1. The number of aromatic nitrogens is 2. The second-order valence-electron chi connectivity index (χ2n) is 4.91. The molecule has 0 aliphatic carbocycles. The van der Waals surface area contributed by atoms with Crippen molar-refractivity contribution in [3.05, 3.63) is 59.7 Å². The molecule has 6 nitrogen and oxygen atoms in total. The number of thiazole rings is 1. The normalized spacial score (nSPS) is 10.2. The molecule has 1 amide bonds. The molecule has 0 aliphatic heterocycles. The van der Waals surface area contributed by atoms with E-state index in [1.54, 1.807) is 25.4 Å². The largest absolute Gasteiger partial charge is 0.495 e. The molecule has 0 saturated carbocycles. The van der Waals surface area contributed by atoms with Gasteiger partial charge in [0.2, 0.25) is 5.91 Å². The molecule has 1 aromatic carbocycles. The number of rotatable bonds is 6. The van der Waals surface area contributed by atoms with Crippen LogP contribution in [0.4, 0.5) is 16.6 Å². The van der Waals surface area contributed by atoms with Crippen LogP contribution in [0.3, 0.4) is 0 Å². The Morgan fingerprint density at radius 1 is 1.21 bits per heavy atom. The van der Waals surface area contributed by atoms with E-state index in [2.05, 4.69) is 20.6 Å². The highest BCUT2D eigenvalue weighted by Crippen LogP contribution is 2.24. The summed E-state index contributed by atoms with van der Waals surface area (Å²) in [6.45, 7) is 0. The van der Waals surface area contributed by atoms with E-state index in [0.717, 1.165) is 5.82 Å². The third kappa shape index (κ3) is 4.08. The van der Waals surface area contributed by atoms with Gasteiger partial charge in [-0.15, -0.1) is 11.3 Å². The fraction of sp³-hybridized carbons (Fsp3) is 0.118. The Labute approximate surface area is 143 Å². The van der Waals surface area contributed by atoms with Crippen LogP contribution >= 0.6 is 11.3 Å². The van der Waals surface area contributed by atoms with E-state index < -0.39 is 0 Å². The van der Waals surface area contributed by atoms with Crippen LogP contribution in [0, 0.1) is 0 Å². The second kappa shape index (κ2) is 7.56. The Morgan fingerprint density at radius 3 is 2.83 bits per heavy atom. The van der Waals surface area contributed by atoms with Crippen LogP contribution in [0.5, 0.6) is 5.75 Å². The van der Waals surface area contributed by atoms with Crippen molar-refractivity contribution in [2.45, 2.75) is 6.42 Å². The summed E-state index contributed by atoms with van der Waals surface area (Å²) in [4.78, 5) is 20.8. The maximum atomic E-state index is 12.2. The minimum atomic E-state index is -0.144. The van der Waals surface area contributed by atoms with Crippen molar-refractivity contribution in [2.75, 3.05) is 17.7 Å². The fourth-order valence-corrected chi connectivity index (χ4v) is 2.82. The predicted molar refractivity (Wildman–Crippen MR) is 95.0 cm³/mol. The molecular formula is C17H16N4O2S. The van der Waals surface area contributed by atoms with E-state index in [0.29, 0.717) is 22.3 Å². The number of carbonyl (C=O) groups is 1. The van der Waals surface area contributed by atoms with Crippen molar-refractivity contribution in [1.82, 2.24) is 9.97 Å². The molecule has 2 N–H and O–H groups in total. The van der Waals surface area contributed by atoms with Crippen molar-refractivity contribution in [3.8, 4) is 5.75 Å². The maximum absolute atomic E-state index is 12.2. The number of amides is 1. The minimum Gasteiger partial charge on any atom is -0.495 e. The summed E-state index contributed by atoms with van der Waals surface area (Å²) < 4.78 is 5.22. The summed E-state index contributed by atoms with van der Waals surface area (Å²) in [5.41, 5.74) is 1.35. The number of para-hydroxylation sites is 2. The van der Waals surface area contributed by atoms with Crippen LogP contribution in [-0.4, -0.2) is 23.0 Å². The molecule has 0 unspecified atom stereocenters. The molecule has 2 heterocycles. The number of ether oxygens (including phenoxy) is 1. The second-order valence-corrected chi connectivity index (χ2v) is 5.77. The molecular weight excluding hydrogens is 324 g/mol. The SMILES string of the molecule is COc1ccccc1NC(=O)Cc1csc(Nc2ccccn2)n1. The van der Waals surface area contributed by atoms with Crippen molar-refractivity contribution < 1.29 is 9.53 Å². The molecule has 122 valence electrons. The highest BCUT2D eigenvalue weighted by molar-refractivity contribution is 7.13. The molecule has 0 saturated heterocycles. The average molecular weight is 340 g/mol. The van der Waals surface area contributed by atoms with Crippen molar-refractivity contribution in [2.24, 2.45) is 0 Å². The number of carbonyl (C=O) groups excluding carboxylic acids is 1. The molecule has 7 heteroatoms. The molecule has 24 heavy (non-hydrogen) atoms. The van der Waals surface area contributed by atoms with Crippen molar-refractivity contribution in [1.29, 1.82) is 0 Å². The lowest BCUT2D eigenvalue weighted by molar-refractivity contribution is -0.115. The van der Waals surface area contributed by atoms with Gasteiger partial charge < -0.3 is 15.4 Å². The Balaban J connectivity index is 1.61. The maximum Gasteiger partial charge on any atom is 0.230 e. The first-order valence-electron chi connectivity index (χ1n) is 7.30. The van der Waals surface area contributed by atoms with Crippen LogP contribution in [0.2, 0.25) is 0 Å². The van der Waals surface area contributed by atoms with Gasteiger partial charge in [-0.3, -0.25) is 4.79 Å². The lowest BCUT2D eigenvalue weighted by Crippen LogP contribution is -2.15. The minimum absolute atomic E-state index is 0.144. The van der Waals surface area contributed by atoms with E-state index in [9.17, 15) is 4.79 Å². The molecule has 0 atom stereocenters. The van der Waals surface area contributed by atoms with E-state index >= 15 is 0 Å². The number of nitrogens with one attached hydrogen (secondary N) is 2. The van der Waals surface area contributed by atoms with Crippen LogP contribution < -0.4 is 15.4 Å². The number of hydrogen-bond acceptors (Lipinski definition) is 6. The average Bonchev–Trinajstić information content (AvgIpc) is 3.03. The summed E-state index contributed by atoms with van der Waals surface area (Å²) in [5.74, 6) is 1.20. The van der Waals surface area contributed by atoms with Gasteiger partial charge in [0.1, 0.15) is 11.6 Å². The summed E-state index contributed by atoms with van der Waals surface area (Å²) >= 11 is 1.43. The van der Waals surface area contributed by atoms with Gasteiger partial charge in [-0.2, -0.15) is 0 Å². The third-order valence-electron chi connectivity index (χ3n) is 3.17. The Kier molecular flexibility index (Phi) is 5.02. The van der Waals surface area contributed by atoms with E-state index in [1.807, 2.05) is 35.7 Å². The Hall–Kier alpha value is -2.93. The number of nitrogens with zero attached hydrogens (tertiary/aromatic N) is 2. The monoisotopic (exact) mass is 340 g/mol. The van der Waals surface area contributed by atoms with Gasteiger partial charge in [-0.25, -0.2) is 9.97 Å². The number of anilines is 3. The molecule has 0 bridgehead atoms. The summed E-state index contributed by atoms with van der Waals surface area (Å²) in [6.07, 6.45) is 1.90. The zero-order valence-electron chi connectivity index (χ0n) is 13.0. The molecule has 2 aromatic heterocycles. The predicted octanol–water partition coefficient (Wildman–Crippen LogP) is 3.47. The molecule has 0 radical (unpaired) electrons. The fourth-order valence-electron chi connectivity index (χ4n) is 2.10. The number of hydrogen-bond donors (Lipinski definition) is 2. The van der Waals surface area contributed by atoms with E-state index in [4.69, 9.17) is 4.74 Å². The van der Waals surface area contributed by atoms with Crippen LogP contribution in [0.15, 0.2) is 54.0 Å². The van der Waals surface area contributed by atoms with Crippen molar-refractivity contribution in [3.63, 3.8) is 0 Å². The van der Waals surface area contributed by atoms with Crippen LogP contribution in [-0.2, 0) is 11.2 Å². The zero-order chi connectivity index (χ0) is 16.8. The van der Waals surface area contributed by atoms with Gasteiger partial charge in [0.05, 0.1) is 24.9 Å². The van der Waals surface area contributed by atoms with Gasteiger partial charge >= 0.3 is 0 Å². The van der Waals surface area contributed by atoms with E-state index in [-0.39, 0.29) is 12.3 Å². The molecule has 0 fully saturated rings. The number of benzene rings is 1. The Morgan fingerprint density at radius 2 is 2.04 bits per heavy atom. The van der Waals surface area contributed by atoms with Gasteiger partial charge in [0, 0.05) is 11.6 Å². The van der Waals surface area contributed by atoms with Crippen LogP contribution in [0.25, 0.3) is 0 Å². The third-order valence-corrected chi connectivity index (χ3v) is 3.98. The van der Waals surface area contributed by atoms with E-state index in [1.165, 1.54) is 11.3 Å². The standard InChI is InChI=1S/C17H16N4O2S/c1-23-14-7-3-2-6-13(14)20-16(22)10-12-11-24-17(19-12)21-15-8-4-5-9-18-15/h2-9,11H,10H2,1H3,(H,20,22)(H,18,19,21). The molecule has 0 spiro atoms. The quantitative estimate of drug-likeness (QED) is 0.718. The summed E-state index contributed by atoms with van der Waals surface area (Å²) in [6, 6.07) is 12.9. The lowest BCUT2D eigenvalue weighted by atomic mass is 10.2. The van der Waals surface area contributed by atoms with Gasteiger partial charge in [0.15, 0.2) is 5.13 Å². The van der Waals surface area contributed by atoms with Gasteiger partial charge in [-0.05, 0) is 24.3 Å².